The molecule has 1 aliphatic heterocycles. The van der Waals surface area contributed by atoms with E-state index in [1.807, 2.05) is 17.2 Å². The summed E-state index contributed by atoms with van der Waals surface area (Å²) in [6.45, 7) is 2.18. The van der Waals surface area contributed by atoms with Crippen molar-refractivity contribution < 1.29 is 9.90 Å². The minimum absolute atomic E-state index is 0.0249. The molecular formula is C17H17N5O2S. The Balaban J connectivity index is 1.43. The standard InChI is InChI=1S/C17H17N5O2S/c23-11-7-13(25-8-11)16(24)22-6-5-21(9-17(22)2-3-17)15-12-1-4-18-14(12)19-10-20-15/h1,4,7-8,10,23H,2-3,5-6,9H2,(H,18,19,20). The zero-order valence-corrected chi connectivity index (χ0v) is 14.3. The Kier molecular flexibility index (Phi) is 3.05. The molecule has 3 aromatic rings. The number of rotatable bonds is 2. The summed E-state index contributed by atoms with van der Waals surface area (Å²) >= 11 is 1.30. The van der Waals surface area contributed by atoms with Crippen LogP contribution >= 0.6 is 11.3 Å². The predicted octanol–water partition coefficient (Wildman–Crippen LogP) is 2.22. The second-order valence-electron chi connectivity index (χ2n) is 6.71. The second-order valence-corrected chi connectivity index (χ2v) is 7.62. The average molecular weight is 355 g/mol. The van der Waals surface area contributed by atoms with Crippen molar-refractivity contribution in [1.29, 1.82) is 0 Å². The van der Waals surface area contributed by atoms with Crippen LogP contribution in [0.5, 0.6) is 5.75 Å². The first-order valence-electron chi connectivity index (χ1n) is 8.29. The van der Waals surface area contributed by atoms with Crippen molar-refractivity contribution in [3.63, 3.8) is 0 Å². The van der Waals surface area contributed by atoms with E-state index in [2.05, 4.69) is 19.9 Å². The van der Waals surface area contributed by atoms with E-state index in [1.165, 1.54) is 11.3 Å². The second kappa shape index (κ2) is 5.19. The van der Waals surface area contributed by atoms with Gasteiger partial charge in [-0.3, -0.25) is 4.79 Å². The minimum Gasteiger partial charge on any atom is -0.507 e. The molecule has 1 spiro atoms. The van der Waals surface area contributed by atoms with E-state index < -0.39 is 0 Å². The third-order valence-electron chi connectivity index (χ3n) is 5.15. The lowest BCUT2D eigenvalue weighted by Gasteiger charge is -2.42. The van der Waals surface area contributed by atoms with Crippen LogP contribution < -0.4 is 4.90 Å². The molecule has 0 radical (unpaired) electrons. The van der Waals surface area contributed by atoms with E-state index in [0.29, 0.717) is 11.4 Å². The first-order chi connectivity index (χ1) is 12.2. The van der Waals surface area contributed by atoms with Crippen molar-refractivity contribution >= 4 is 34.1 Å². The normalized spacial score (nSPS) is 18.9. The number of aromatic hydroxyl groups is 1. The fourth-order valence-corrected chi connectivity index (χ4v) is 4.45. The van der Waals surface area contributed by atoms with Crippen molar-refractivity contribution in [3.05, 3.63) is 34.9 Å². The first kappa shape index (κ1) is 14.7. The molecular weight excluding hydrogens is 338 g/mol. The highest BCUT2D eigenvalue weighted by molar-refractivity contribution is 7.12. The summed E-state index contributed by atoms with van der Waals surface area (Å²) in [5, 5.41) is 12.2. The Labute approximate surface area is 147 Å². The van der Waals surface area contributed by atoms with E-state index in [0.717, 1.165) is 42.8 Å². The van der Waals surface area contributed by atoms with E-state index in [4.69, 9.17) is 0 Å². The van der Waals surface area contributed by atoms with Crippen LogP contribution in [0.15, 0.2) is 30.0 Å². The predicted molar refractivity (Wildman–Crippen MR) is 95.1 cm³/mol. The van der Waals surface area contributed by atoms with Gasteiger partial charge in [-0.05, 0) is 18.9 Å². The van der Waals surface area contributed by atoms with E-state index >= 15 is 0 Å². The number of aromatic nitrogens is 3. The number of hydrogen-bond acceptors (Lipinski definition) is 6. The number of nitrogens with zero attached hydrogens (tertiary/aromatic N) is 4. The smallest absolute Gasteiger partial charge is 0.264 e. The molecule has 3 aromatic heterocycles. The van der Waals surface area contributed by atoms with Gasteiger partial charge < -0.3 is 19.9 Å². The molecule has 4 heterocycles. The van der Waals surface area contributed by atoms with Crippen molar-refractivity contribution in [2.75, 3.05) is 24.5 Å². The number of hydrogen-bond donors (Lipinski definition) is 2. The molecule has 8 heteroatoms. The van der Waals surface area contributed by atoms with Crippen LogP contribution in [0.4, 0.5) is 5.82 Å². The van der Waals surface area contributed by atoms with Crippen molar-refractivity contribution in [3.8, 4) is 5.75 Å². The largest absolute Gasteiger partial charge is 0.507 e. The van der Waals surface area contributed by atoms with Crippen LogP contribution in [0.3, 0.4) is 0 Å². The number of anilines is 1. The molecule has 1 saturated heterocycles. The number of carbonyl (C=O) groups excluding carboxylic acids is 1. The molecule has 0 bridgehead atoms. The third kappa shape index (κ3) is 2.28. The number of thiophene rings is 1. The Hall–Kier alpha value is -2.61. The minimum atomic E-state index is -0.109. The number of piperazine rings is 1. The number of H-pyrrole nitrogens is 1. The highest BCUT2D eigenvalue weighted by atomic mass is 32.1. The third-order valence-corrected chi connectivity index (χ3v) is 6.06. The van der Waals surface area contributed by atoms with Crippen LogP contribution in [-0.2, 0) is 0 Å². The van der Waals surface area contributed by atoms with Gasteiger partial charge in [-0.25, -0.2) is 9.97 Å². The molecule has 0 aromatic carbocycles. The molecule has 1 amide bonds. The van der Waals surface area contributed by atoms with E-state index in [9.17, 15) is 9.90 Å². The number of carbonyl (C=O) groups is 1. The fourth-order valence-electron chi connectivity index (χ4n) is 3.73. The number of fused-ring (bicyclic) bond motifs is 1. The Bertz CT molecular complexity index is 961. The monoisotopic (exact) mass is 355 g/mol. The molecule has 128 valence electrons. The SMILES string of the molecule is O=C(c1cc(O)cs1)N1CCN(c2ncnc3[nH]ccc23)CC12CC2. The van der Waals surface area contributed by atoms with Crippen LogP contribution in [0.25, 0.3) is 11.0 Å². The summed E-state index contributed by atoms with van der Waals surface area (Å²) in [4.78, 5) is 29.6. The molecule has 2 aliphatic rings. The summed E-state index contributed by atoms with van der Waals surface area (Å²) in [5.41, 5.74) is 0.727. The van der Waals surface area contributed by atoms with Crippen LogP contribution in [-0.4, -0.2) is 56.0 Å². The summed E-state index contributed by atoms with van der Waals surface area (Å²) in [6.07, 6.45) is 5.47. The van der Waals surface area contributed by atoms with Gasteiger partial charge in [0.25, 0.3) is 5.91 Å². The average Bonchev–Trinajstić information content (AvgIpc) is 3.03. The lowest BCUT2D eigenvalue weighted by atomic mass is 10.1. The maximum absolute atomic E-state index is 12.9. The maximum atomic E-state index is 12.9. The van der Waals surface area contributed by atoms with E-state index in [1.54, 1.807) is 17.8 Å². The Morgan fingerprint density at radius 2 is 2.20 bits per heavy atom. The Morgan fingerprint density at radius 3 is 2.96 bits per heavy atom. The van der Waals surface area contributed by atoms with Gasteiger partial charge in [-0.1, -0.05) is 0 Å². The van der Waals surface area contributed by atoms with Crippen LogP contribution in [0.1, 0.15) is 22.5 Å². The highest BCUT2D eigenvalue weighted by Gasteiger charge is 2.53. The molecule has 1 aliphatic carbocycles. The molecule has 7 nitrogen and oxygen atoms in total. The molecule has 5 rings (SSSR count). The first-order valence-corrected chi connectivity index (χ1v) is 9.17. The lowest BCUT2D eigenvalue weighted by Crippen LogP contribution is -2.57. The summed E-state index contributed by atoms with van der Waals surface area (Å²) < 4.78 is 0. The Morgan fingerprint density at radius 1 is 1.32 bits per heavy atom. The van der Waals surface area contributed by atoms with Crippen LogP contribution in [0, 0.1) is 0 Å². The number of aromatic amines is 1. The van der Waals surface area contributed by atoms with Crippen molar-refractivity contribution in [2.45, 2.75) is 18.4 Å². The quantitative estimate of drug-likeness (QED) is 0.736. The van der Waals surface area contributed by atoms with Crippen molar-refractivity contribution in [2.24, 2.45) is 0 Å². The molecule has 0 unspecified atom stereocenters. The molecule has 1 saturated carbocycles. The van der Waals surface area contributed by atoms with Gasteiger partial charge in [-0.2, -0.15) is 0 Å². The summed E-state index contributed by atoms with van der Waals surface area (Å²) in [5.74, 6) is 1.11. The maximum Gasteiger partial charge on any atom is 0.264 e. The van der Waals surface area contributed by atoms with Crippen molar-refractivity contribution in [1.82, 2.24) is 19.9 Å². The van der Waals surface area contributed by atoms with Gasteiger partial charge in [0.1, 0.15) is 23.5 Å². The number of nitrogens with one attached hydrogen (secondary N) is 1. The van der Waals surface area contributed by atoms with E-state index in [-0.39, 0.29) is 17.2 Å². The number of amides is 1. The van der Waals surface area contributed by atoms with Gasteiger partial charge in [-0.15, -0.1) is 11.3 Å². The van der Waals surface area contributed by atoms with Gasteiger partial charge >= 0.3 is 0 Å². The summed E-state index contributed by atoms with van der Waals surface area (Å²) in [6, 6.07) is 3.55. The molecule has 25 heavy (non-hydrogen) atoms. The fraction of sp³-hybridized carbons (Fsp3) is 0.353. The van der Waals surface area contributed by atoms with Gasteiger partial charge in [0.05, 0.1) is 15.8 Å². The van der Waals surface area contributed by atoms with Gasteiger partial charge in [0, 0.05) is 37.3 Å². The van der Waals surface area contributed by atoms with Gasteiger partial charge in [0.2, 0.25) is 0 Å². The molecule has 2 fully saturated rings. The van der Waals surface area contributed by atoms with Gasteiger partial charge in [0.15, 0.2) is 0 Å². The topological polar surface area (TPSA) is 85.3 Å². The zero-order valence-electron chi connectivity index (χ0n) is 13.5. The molecule has 0 atom stereocenters. The zero-order chi connectivity index (χ0) is 17.0. The lowest BCUT2D eigenvalue weighted by molar-refractivity contribution is 0.0629. The molecule has 2 N–H and O–H groups in total. The summed E-state index contributed by atoms with van der Waals surface area (Å²) in [7, 11) is 0. The highest BCUT2D eigenvalue weighted by Crippen LogP contribution is 2.46. The van der Waals surface area contributed by atoms with Crippen LogP contribution in [0.2, 0.25) is 0 Å².